The van der Waals surface area contributed by atoms with E-state index in [0.29, 0.717) is 219 Å². The summed E-state index contributed by atoms with van der Waals surface area (Å²) in [5.41, 5.74) is 0. The summed E-state index contributed by atoms with van der Waals surface area (Å²) in [5, 5.41) is 0. The fraction of sp³-hybridized carbons (Fsp3) is 0.742. The van der Waals surface area contributed by atoms with Crippen molar-refractivity contribution in [2.24, 2.45) is 11.8 Å². The van der Waals surface area contributed by atoms with Crippen LogP contribution in [0.3, 0.4) is 0 Å². The van der Waals surface area contributed by atoms with E-state index in [1.807, 2.05) is 6.92 Å². The second-order valence-corrected chi connectivity index (χ2v) is 30.4. The van der Waals surface area contributed by atoms with Crippen LogP contribution in [-0.2, 0) is 76.4 Å². The van der Waals surface area contributed by atoms with Gasteiger partial charge in [-0.3, -0.25) is 0 Å². The van der Waals surface area contributed by atoms with E-state index >= 15 is 0 Å². The third-order valence-electron chi connectivity index (χ3n) is 14.5. The van der Waals surface area contributed by atoms with Crippen LogP contribution in [0.2, 0.25) is 0 Å². The van der Waals surface area contributed by atoms with E-state index in [9.17, 15) is 13.0 Å². The minimum atomic E-state index is -4.20. The summed E-state index contributed by atoms with van der Waals surface area (Å²) in [6, 6.07) is 8.49. The normalized spacial score (nSPS) is 13.7. The molecule has 0 bridgehead atoms. The third-order valence-corrected chi connectivity index (χ3v) is 22.0. The molecule has 0 amide bonds. The summed E-state index contributed by atoms with van der Waals surface area (Å²) in [6.07, 6.45) is 10.4. The molecule has 0 aliphatic heterocycles. The number of thiophene rings is 4. The second-order valence-electron chi connectivity index (χ2n) is 21.8. The molecule has 4 heterocycles. The molecular formula is C66H104Na2O21S7. The number of thioether (sulfide) groups is 2. The molecule has 0 N–H and O–H groups in total. The molecule has 21 nitrogen and oxygen atoms in total. The van der Waals surface area contributed by atoms with Crippen LogP contribution in [0.25, 0.3) is 29.3 Å². The summed E-state index contributed by atoms with van der Waals surface area (Å²) in [6.45, 7) is 22.6. The van der Waals surface area contributed by atoms with Crippen LogP contribution in [0, 0.1) is 32.6 Å². The smallest absolute Gasteiger partial charge is 0.748 e. The minimum Gasteiger partial charge on any atom is -0.748 e. The third kappa shape index (κ3) is 39.2. The van der Waals surface area contributed by atoms with E-state index in [1.165, 1.54) is 68.0 Å². The molecule has 0 spiro atoms. The van der Waals surface area contributed by atoms with Gasteiger partial charge in [-0.05, 0) is 75.6 Å². The zero-order valence-electron chi connectivity index (χ0n) is 57.4. The summed E-state index contributed by atoms with van der Waals surface area (Å²) in [4.78, 5) is 7.99. The maximum absolute atomic E-state index is 10.8. The number of aryl methyl sites for hydroxylation is 2. The molecule has 2 aliphatic carbocycles. The molecule has 4 aromatic rings. The molecule has 538 valence electrons. The first-order chi connectivity index (χ1) is 46.2. The molecule has 0 radical (unpaired) electrons. The van der Waals surface area contributed by atoms with Crippen LogP contribution < -0.4 is 78.1 Å². The molecule has 6 rings (SSSR count). The summed E-state index contributed by atoms with van der Waals surface area (Å²) < 4.78 is 140. The topological polar surface area (TPSA) is 223 Å². The van der Waals surface area contributed by atoms with Gasteiger partial charge in [0, 0.05) is 60.6 Å². The zero-order chi connectivity index (χ0) is 66.2. The Morgan fingerprint density at radius 2 is 0.688 bits per heavy atom. The van der Waals surface area contributed by atoms with E-state index in [4.69, 9.17) is 85.3 Å². The van der Waals surface area contributed by atoms with E-state index in [2.05, 4.69) is 38.1 Å². The molecule has 4 aromatic heterocycles. The fourth-order valence-electron chi connectivity index (χ4n) is 9.76. The van der Waals surface area contributed by atoms with Gasteiger partial charge in [0.25, 0.3) is 0 Å². The first kappa shape index (κ1) is 88.4. The average molecular weight is 1500 g/mol. The molecule has 2 saturated carbocycles. The largest absolute Gasteiger partial charge is 1.00 e. The minimum absolute atomic E-state index is 0. The van der Waals surface area contributed by atoms with Crippen LogP contribution in [0.15, 0.2) is 24.3 Å². The van der Waals surface area contributed by atoms with E-state index in [-0.39, 0.29) is 90.4 Å². The Balaban J connectivity index is 0.00000980. The van der Waals surface area contributed by atoms with E-state index in [1.54, 1.807) is 57.1 Å². The van der Waals surface area contributed by atoms with Crippen molar-refractivity contribution < 1.29 is 157 Å². The van der Waals surface area contributed by atoms with Gasteiger partial charge in [-0.2, -0.15) is 23.5 Å². The van der Waals surface area contributed by atoms with E-state index < -0.39 is 10.1 Å². The van der Waals surface area contributed by atoms with Crippen molar-refractivity contribution in [2.45, 2.75) is 65.2 Å². The molecule has 0 saturated heterocycles. The Hall–Kier alpha value is 0.0500. The predicted molar refractivity (Wildman–Crippen MR) is 376 cm³/mol. The second kappa shape index (κ2) is 57.4. The molecular weight excluding hydrogens is 1400 g/mol. The molecule has 0 atom stereocenters. The molecule has 0 aromatic carbocycles. The molecule has 2 fully saturated rings. The van der Waals surface area contributed by atoms with E-state index in [0.717, 1.165) is 58.9 Å². The standard InChI is InChI=1S/C66H105O21S7.2Na/c1-4-88-47-45-80-31-29-72-23-25-76-37-41-84-60-54(3)91-64(61(60)85-42-38-77-28-24-73-30-32-81-46-48-89-49-50-94(67,68)69)58-15-16-59(92-58)66-63(87-44-40-79-27-22-71-18-20-75-34-36-83-52-56-11-7-8-12-56)62(65(93-66)57-14-13-53(2)90-57)86-43-39-78-26-21-70-17-19-74-33-35-82-51-55-9-5-6-10-55;;/h13-16,55-56H,1,4-12,17-52H2,2-3H3,(H,67,68,69);;/q-1;2*+1/p-1. The zero-order valence-corrected chi connectivity index (χ0v) is 67.1. The Bertz CT molecular complexity index is 2620. The van der Waals surface area contributed by atoms with Crippen LogP contribution in [0.4, 0.5) is 0 Å². The average Bonchev–Trinajstić information content (AvgIpc) is 1.62. The molecule has 2 aliphatic rings. The number of rotatable bonds is 63. The summed E-state index contributed by atoms with van der Waals surface area (Å²) in [5.74, 6) is 6.17. The van der Waals surface area contributed by atoms with Gasteiger partial charge in [0.15, 0.2) is 23.0 Å². The van der Waals surface area contributed by atoms with Gasteiger partial charge in [-0.25, -0.2) is 8.42 Å². The SMILES string of the molecule is [CH2-]CSCCOCCOCCOCCOc1c(C)sc(-c2ccc(-c3sc(-c4ccc(C)s4)c(OCCOCCOCCOCCOCC4CCCC4)c3OCCOCCOCCOCCOCC3CCCC3)s2)c1OCCOCCOCCOCCSCCS(=O)(=O)[O-].[Na+].[Na+]. The van der Waals surface area contributed by atoms with Crippen molar-refractivity contribution >= 4 is 79.0 Å². The van der Waals surface area contributed by atoms with Crippen molar-refractivity contribution in [3.8, 4) is 52.3 Å². The Kier molecular flexibility index (Phi) is 52.9. The van der Waals surface area contributed by atoms with Gasteiger partial charge in [0.2, 0.25) is 0 Å². The van der Waals surface area contributed by atoms with Crippen molar-refractivity contribution in [2.75, 3.05) is 240 Å². The molecule has 96 heavy (non-hydrogen) atoms. The number of hydrogen-bond acceptors (Lipinski definition) is 27. The van der Waals surface area contributed by atoms with Gasteiger partial charge in [-0.1, -0.05) is 25.7 Å². The van der Waals surface area contributed by atoms with Gasteiger partial charge < -0.3 is 96.7 Å². The molecule has 30 heteroatoms. The van der Waals surface area contributed by atoms with Crippen molar-refractivity contribution in [3.05, 3.63) is 40.9 Å². The number of hydrogen-bond donors (Lipinski definition) is 0. The number of ether oxygens (including phenoxy) is 18. The van der Waals surface area contributed by atoms with Crippen LogP contribution in [-0.4, -0.2) is 253 Å². The summed E-state index contributed by atoms with van der Waals surface area (Å²) >= 11 is 9.68. The Morgan fingerprint density at radius 1 is 0.385 bits per heavy atom. The monoisotopic (exact) mass is 1500 g/mol. The Morgan fingerprint density at radius 3 is 1.04 bits per heavy atom. The first-order valence-corrected chi connectivity index (χ1v) is 40.3. The van der Waals surface area contributed by atoms with Gasteiger partial charge in [0.05, 0.1) is 197 Å². The van der Waals surface area contributed by atoms with Crippen LogP contribution in [0.1, 0.15) is 61.1 Å². The van der Waals surface area contributed by atoms with Gasteiger partial charge >= 0.3 is 59.1 Å². The van der Waals surface area contributed by atoms with Crippen LogP contribution in [0.5, 0.6) is 23.0 Å². The van der Waals surface area contributed by atoms with Crippen molar-refractivity contribution in [1.82, 2.24) is 0 Å². The fourth-order valence-corrected chi connectivity index (χ4v) is 16.4. The van der Waals surface area contributed by atoms with Gasteiger partial charge in [0.1, 0.15) is 26.4 Å². The van der Waals surface area contributed by atoms with Crippen LogP contribution >= 0.6 is 68.9 Å². The maximum Gasteiger partial charge on any atom is 1.00 e. The summed E-state index contributed by atoms with van der Waals surface area (Å²) in [7, 11) is -4.20. The van der Waals surface area contributed by atoms with Gasteiger partial charge in [-0.15, -0.1) is 51.1 Å². The van der Waals surface area contributed by atoms with Crippen molar-refractivity contribution in [1.29, 1.82) is 0 Å². The Labute approximate surface area is 640 Å². The quantitative estimate of drug-likeness (QED) is 0.0229. The maximum atomic E-state index is 10.8. The van der Waals surface area contributed by atoms with Crippen molar-refractivity contribution in [3.63, 3.8) is 0 Å². The predicted octanol–water partition coefficient (Wildman–Crippen LogP) is 5.53. The molecule has 0 unspecified atom stereocenters. The first-order valence-electron chi connectivity index (χ1n) is 33.2.